The van der Waals surface area contributed by atoms with E-state index in [-0.39, 0.29) is 35.7 Å². The van der Waals surface area contributed by atoms with Crippen LogP contribution in [0, 0.1) is 23.7 Å². The maximum absolute atomic E-state index is 13.0. The molecule has 2 saturated carbocycles. The van der Waals surface area contributed by atoms with Gasteiger partial charge in [-0.3, -0.25) is 19.3 Å². The summed E-state index contributed by atoms with van der Waals surface area (Å²) in [7, 11) is 0. The van der Waals surface area contributed by atoms with Crippen LogP contribution in [0.5, 0.6) is 0 Å². The first-order valence-electron chi connectivity index (χ1n) is 10.0. The number of nitrogens with one attached hydrogen (secondary N) is 1. The molecule has 5 rings (SSSR count). The molecule has 5 atom stereocenters. The molecule has 0 unspecified atom stereocenters. The van der Waals surface area contributed by atoms with Gasteiger partial charge in [0.15, 0.2) is 0 Å². The molecule has 1 aromatic carbocycles. The summed E-state index contributed by atoms with van der Waals surface area (Å²) in [6.07, 6.45) is 5.21. The topological polar surface area (TPSA) is 75.7 Å². The minimum Gasteiger partial charge on any atom is -0.376 e. The summed E-state index contributed by atoms with van der Waals surface area (Å²) in [5.41, 5.74) is 0.981. The van der Waals surface area contributed by atoms with Crippen LogP contribution in [0.2, 0.25) is 0 Å². The molecule has 6 nitrogen and oxygen atoms in total. The number of hydrogen-bond acceptors (Lipinski definition) is 4. The maximum atomic E-state index is 13.0. The number of hydrogen-bond donors (Lipinski definition) is 1. The monoisotopic (exact) mass is 368 g/mol. The second kappa shape index (κ2) is 6.44. The van der Waals surface area contributed by atoms with Gasteiger partial charge in [-0.15, -0.1) is 0 Å². The highest BCUT2D eigenvalue weighted by Gasteiger charge is 2.61. The molecular weight excluding hydrogens is 344 g/mol. The number of ether oxygens (including phenoxy) is 1. The van der Waals surface area contributed by atoms with Crippen molar-refractivity contribution in [2.45, 2.75) is 38.2 Å². The summed E-state index contributed by atoms with van der Waals surface area (Å²) < 4.78 is 5.53. The van der Waals surface area contributed by atoms with Crippen LogP contribution in [-0.4, -0.2) is 37.0 Å². The molecular formula is C21H24N2O4. The maximum Gasteiger partial charge on any atom is 0.251 e. The highest BCUT2D eigenvalue weighted by atomic mass is 16.5. The van der Waals surface area contributed by atoms with Gasteiger partial charge in [0, 0.05) is 18.7 Å². The number of imide groups is 1. The molecule has 0 spiro atoms. The summed E-state index contributed by atoms with van der Waals surface area (Å²) in [5, 5.41) is 2.89. The van der Waals surface area contributed by atoms with E-state index in [0.717, 1.165) is 38.7 Å². The van der Waals surface area contributed by atoms with E-state index in [1.807, 2.05) is 0 Å². The molecule has 2 heterocycles. The molecule has 4 fully saturated rings. The van der Waals surface area contributed by atoms with Gasteiger partial charge in [0.25, 0.3) is 5.91 Å². The van der Waals surface area contributed by atoms with Gasteiger partial charge in [0.1, 0.15) is 0 Å². The van der Waals surface area contributed by atoms with Crippen LogP contribution in [0.25, 0.3) is 0 Å². The molecule has 2 bridgehead atoms. The van der Waals surface area contributed by atoms with Crippen LogP contribution in [0.4, 0.5) is 5.69 Å². The zero-order chi connectivity index (χ0) is 18.5. The van der Waals surface area contributed by atoms with Gasteiger partial charge in [-0.25, -0.2) is 0 Å². The molecule has 0 aromatic heterocycles. The lowest BCUT2D eigenvalue weighted by atomic mass is 9.81. The molecule has 142 valence electrons. The first-order valence-corrected chi connectivity index (χ1v) is 10.0. The van der Waals surface area contributed by atoms with Crippen LogP contribution in [-0.2, 0) is 14.3 Å². The number of rotatable bonds is 4. The smallest absolute Gasteiger partial charge is 0.251 e. The fourth-order valence-corrected chi connectivity index (χ4v) is 5.56. The van der Waals surface area contributed by atoms with Gasteiger partial charge in [0.05, 0.1) is 23.6 Å². The number of nitrogens with zero attached hydrogens (tertiary/aromatic N) is 1. The van der Waals surface area contributed by atoms with Crippen molar-refractivity contribution in [3.05, 3.63) is 29.8 Å². The average Bonchev–Trinajstić information content (AvgIpc) is 3.45. The molecule has 2 aliphatic carbocycles. The normalized spacial score (nSPS) is 34.4. The van der Waals surface area contributed by atoms with Crippen molar-refractivity contribution < 1.29 is 19.1 Å². The van der Waals surface area contributed by atoms with E-state index in [0.29, 0.717) is 29.6 Å². The Bertz CT molecular complexity index is 773. The van der Waals surface area contributed by atoms with E-state index in [4.69, 9.17) is 4.74 Å². The highest BCUT2D eigenvalue weighted by Crippen LogP contribution is 2.56. The second-order valence-electron chi connectivity index (χ2n) is 8.29. The number of amides is 3. The fourth-order valence-electron chi connectivity index (χ4n) is 5.56. The Morgan fingerprint density at radius 1 is 1.11 bits per heavy atom. The Morgan fingerprint density at radius 3 is 2.52 bits per heavy atom. The Balaban J connectivity index is 1.34. The lowest BCUT2D eigenvalue weighted by Crippen LogP contribution is -2.34. The van der Waals surface area contributed by atoms with Crippen molar-refractivity contribution in [2.24, 2.45) is 23.7 Å². The fraction of sp³-hybridized carbons (Fsp3) is 0.571. The van der Waals surface area contributed by atoms with E-state index in [1.54, 1.807) is 24.3 Å². The van der Waals surface area contributed by atoms with E-state index in [9.17, 15) is 14.4 Å². The number of carbonyl (C=O) groups excluding carboxylic acids is 3. The van der Waals surface area contributed by atoms with Gasteiger partial charge in [-0.2, -0.15) is 0 Å². The number of carbonyl (C=O) groups is 3. The van der Waals surface area contributed by atoms with Crippen molar-refractivity contribution in [1.82, 2.24) is 5.32 Å². The van der Waals surface area contributed by atoms with Crippen LogP contribution in [0.1, 0.15) is 42.5 Å². The largest absolute Gasteiger partial charge is 0.376 e. The molecule has 1 aromatic rings. The summed E-state index contributed by atoms with van der Waals surface area (Å²) in [4.78, 5) is 39.7. The molecule has 3 amide bonds. The minimum atomic E-state index is -0.202. The van der Waals surface area contributed by atoms with E-state index in [1.165, 1.54) is 4.90 Å². The zero-order valence-corrected chi connectivity index (χ0v) is 15.2. The van der Waals surface area contributed by atoms with Crippen molar-refractivity contribution >= 4 is 23.4 Å². The van der Waals surface area contributed by atoms with E-state index in [2.05, 4.69) is 5.32 Å². The van der Waals surface area contributed by atoms with Gasteiger partial charge in [-0.1, -0.05) is 6.07 Å². The van der Waals surface area contributed by atoms with Crippen molar-refractivity contribution in [3.8, 4) is 0 Å². The first-order chi connectivity index (χ1) is 13.1. The molecule has 4 aliphatic rings. The summed E-state index contributed by atoms with van der Waals surface area (Å²) in [6, 6.07) is 6.85. The number of benzene rings is 1. The summed E-state index contributed by atoms with van der Waals surface area (Å²) in [6.45, 7) is 1.23. The Labute approximate surface area is 158 Å². The van der Waals surface area contributed by atoms with Crippen LogP contribution in [0.3, 0.4) is 0 Å². The van der Waals surface area contributed by atoms with Crippen LogP contribution < -0.4 is 10.2 Å². The van der Waals surface area contributed by atoms with E-state index < -0.39 is 0 Å². The molecule has 2 aliphatic heterocycles. The molecule has 1 N–H and O–H groups in total. The quantitative estimate of drug-likeness (QED) is 0.826. The first kappa shape index (κ1) is 16.9. The Morgan fingerprint density at radius 2 is 1.85 bits per heavy atom. The van der Waals surface area contributed by atoms with Crippen LogP contribution in [0.15, 0.2) is 24.3 Å². The zero-order valence-electron chi connectivity index (χ0n) is 15.2. The Hall–Kier alpha value is -2.21. The number of anilines is 1. The summed E-state index contributed by atoms with van der Waals surface area (Å²) in [5.74, 6) is 0.0788. The molecule has 2 saturated heterocycles. The van der Waals surface area contributed by atoms with Crippen molar-refractivity contribution in [1.29, 1.82) is 0 Å². The van der Waals surface area contributed by atoms with Crippen molar-refractivity contribution in [2.75, 3.05) is 18.1 Å². The lowest BCUT2D eigenvalue weighted by Gasteiger charge is -2.19. The summed E-state index contributed by atoms with van der Waals surface area (Å²) >= 11 is 0. The van der Waals surface area contributed by atoms with Crippen LogP contribution >= 0.6 is 0 Å². The van der Waals surface area contributed by atoms with Gasteiger partial charge >= 0.3 is 0 Å². The van der Waals surface area contributed by atoms with Crippen molar-refractivity contribution in [3.63, 3.8) is 0 Å². The third kappa shape index (κ3) is 2.69. The SMILES string of the molecule is O=C(NC[C@H]1CCCO1)c1cccc(N2C(=O)[C@@H]3[C@H]4CC[C@@H](C4)[C@@H]3C2=O)c1. The van der Waals surface area contributed by atoms with Gasteiger partial charge < -0.3 is 10.1 Å². The Kier molecular flexibility index (Phi) is 4.04. The lowest BCUT2D eigenvalue weighted by molar-refractivity contribution is -0.123. The number of fused-ring (bicyclic) bond motifs is 5. The molecule has 6 heteroatoms. The minimum absolute atomic E-state index is 0.0749. The predicted molar refractivity (Wildman–Crippen MR) is 98.1 cm³/mol. The highest BCUT2D eigenvalue weighted by molar-refractivity contribution is 6.22. The predicted octanol–water partition coefficient (Wildman–Crippen LogP) is 2.13. The third-order valence-electron chi connectivity index (χ3n) is 6.81. The standard InChI is InChI=1S/C21H24N2O4/c24-19(22-11-16-5-2-8-27-16)14-3-1-4-15(10-14)23-20(25)17-12-6-7-13(9-12)18(17)21(23)26/h1,3-4,10,12-13,16-18H,2,5-9,11H2,(H,22,24)/t12-,13-,16+,17-,18+/m0/s1. The van der Waals surface area contributed by atoms with Gasteiger partial charge in [-0.05, 0) is 62.1 Å². The molecule has 27 heavy (non-hydrogen) atoms. The second-order valence-corrected chi connectivity index (χ2v) is 8.29. The van der Waals surface area contributed by atoms with E-state index >= 15 is 0 Å². The molecule has 0 radical (unpaired) electrons. The average molecular weight is 368 g/mol. The third-order valence-corrected chi connectivity index (χ3v) is 6.81. The van der Waals surface area contributed by atoms with Gasteiger partial charge in [0.2, 0.25) is 11.8 Å².